The zero-order valence-electron chi connectivity index (χ0n) is 30.7. The van der Waals surface area contributed by atoms with E-state index in [1.807, 2.05) is 55.6 Å². The van der Waals surface area contributed by atoms with Gasteiger partial charge in [-0.05, 0) is 49.3 Å². The fraction of sp³-hybridized carbons (Fsp3) is 0.585. The molecule has 0 spiro atoms. The lowest BCUT2D eigenvalue weighted by Crippen LogP contribution is -2.50. The van der Waals surface area contributed by atoms with Crippen molar-refractivity contribution in [2.75, 3.05) is 33.7 Å². The molecule has 3 atom stereocenters. The third-order valence-electron chi connectivity index (χ3n) is 9.09. The van der Waals surface area contributed by atoms with Crippen LogP contribution in [0.25, 0.3) is 0 Å². The van der Waals surface area contributed by atoms with Crippen LogP contribution >= 0.6 is 0 Å². The molecule has 8 heteroatoms. The number of nitrogens with zero attached hydrogens (tertiary/aromatic N) is 2. The van der Waals surface area contributed by atoms with E-state index in [-0.39, 0.29) is 25.3 Å². The van der Waals surface area contributed by atoms with E-state index >= 15 is 0 Å². The highest BCUT2D eigenvalue weighted by Gasteiger charge is 2.28. The smallest absolute Gasteiger partial charge is 0.243 e. The first kappa shape index (κ1) is 41.5. The van der Waals surface area contributed by atoms with Gasteiger partial charge in [0.15, 0.2) is 0 Å². The average molecular weight is 675 g/mol. The Kier molecular flexibility index (Phi) is 20.0. The lowest BCUT2D eigenvalue weighted by Gasteiger charge is -2.25. The first-order chi connectivity index (χ1) is 23.5. The molecular weight excluding hydrogens is 612 g/mol. The molecule has 0 aliphatic heterocycles. The van der Waals surface area contributed by atoms with Gasteiger partial charge in [0, 0.05) is 46.1 Å². The molecule has 0 bridgehead atoms. The Bertz CT molecular complexity index is 1260. The van der Waals surface area contributed by atoms with Crippen LogP contribution in [0.5, 0.6) is 0 Å². The standard InChI is InChI=1S/C34H48N4O4.C7H14/c1-6-13-31(34(42)35-24-30(39)19-18-26(2)3)36-33(41)29(22-27-14-9-7-10-15-27)23-32(40)38(5)21-20-37(4)25-28-16-11-8-12-17-28;1-7-5-3-2-4-6-7/h1,7-12,14-17,26,29-31,39H,13,18-25H2,2-5H3,(H,35,42)(H,36,41);7H,2-6H2,1H3/t29-,30+,31+;/m1./s1. The van der Waals surface area contributed by atoms with Crippen LogP contribution in [0.3, 0.4) is 0 Å². The summed E-state index contributed by atoms with van der Waals surface area (Å²) in [5.41, 5.74) is 2.12. The van der Waals surface area contributed by atoms with Crippen LogP contribution in [0.2, 0.25) is 0 Å². The Hall–Kier alpha value is -3.67. The van der Waals surface area contributed by atoms with Crippen molar-refractivity contribution in [1.82, 2.24) is 20.4 Å². The highest BCUT2D eigenvalue weighted by Crippen LogP contribution is 2.22. The number of hydrogen-bond donors (Lipinski definition) is 3. The van der Waals surface area contributed by atoms with Crippen molar-refractivity contribution >= 4 is 17.7 Å². The molecule has 1 saturated carbocycles. The minimum atomic E-state index is -0.961. The first-order valence-electron chi connectivity index (χ1n) is 18.2. The summed E-state index contributed by atoms with van der Waals surface area (Å²) < 4.78 is 0. The SMILES string of the molecule is C#CC[C@H](NC(=O)[C@@H](CC(=O)N(C)CCN(C)Cc1ccccc1)Cc1ccccc1)C(=O)NC[C@@H](O)CCC(C)C.CC1CCCCC1. The van der Waals surface area contributed by atoms with Gasteiger partial charge in [-0.15, -0.1) is 12.3 Å². The van der Waals surface area contributed by atoms with Gasteiger partial charge in [0.25, 0.3) is 0 Å². The summed E-state index contributed by atoms with van der Waals surface area (Å²) in [6.45, 7) is 8.56. The summed E-state index contributed by atoms with van der Waals surface area (Å²) in [5, 5.41) is 15.7. The van der Waals surface area contributed by atoms with E-state index in [1.165, 1.54) is 37.7 Å². The van der Waals surface area contributed by atoms with E-state index < -0.39 is 29.9 Å². The molecule has 49 heavy (non-hydrogen) atoms. The number of nitrogens with one attached hydrogen (secondary N) is 2. The van der Waals surface area contributed by atoms with E-state index in [9.17, 15) is 19.5 Å². The summed E-state index contributed by atoms with van der Waals surface area (Å²) in [6, 6.07) is 18.7. The minimum Gasteiger partial charge on any atom is -0.391 e. The monoisotopic (exact) mass is 674 g/mol. The van der Waals surface area contributed by atoms with Gasteiger partial charge < -0.3 is 25.5 Å². The number of amides is 3. The van der Waals surface area contributed by atoms with Crippen LogP contribution in [-0.2, 0) is 27.3 Å². The second-order valence-electron chi connectivity index (χ2n) is 14.2. The third-order valence-corrected chi connectivity index (χ3v) is 9.09. The van der Waals surface area contributed by atoms with E-state index in [4.69, 9.17) is 6.42 Å². The molecule has 8 nitrogen and oxygen atoms in total. The largest absolute Gasteiger partial charge is 0.391 e. The molecule has 0 heterocycles. The molecule has 2 aromatic rings. The normalized spacial score (nSPS) is 14.9. The molecule has 0 saturated heterocycles. The zero-order valence-corrected chi connectivity index (χ0v) is 30.7. The number of rotatable bonds is 18. The van der Waals surface area contributed by atoms with Crippen molar-refractivity contribution in [3.63, 3.8) is 0 Å². The van der Waals surface area contributed by atoms with E-state index in [1.54, 1.807) is 11.9 Å². The van der Waals surface area contributed by atoms with E-state index in [2.05, 4.69) is 54.4 Å². The molecule has 3 amide bonds. The number of aliphatic hydroxyl groups excluding tert-OH is 1. The van der Waals surface area contributed by atoms with Crippen LogP contribution in [0, 0.1) is 30.1 Å². The van der Waals surface area contributed by atoms with E-state index in [0.29, 0.717) is 31.8 Å². The fourth-order valence-electron chi connectivity index (χ4n) is 5.84. The van der Waals surface area contributed by atoms with Crippen LogP contribution in [0.15, 0.2) is 60.7 Å². The zero-order chi connectivity index (χ0) is 36.0. The van der Waals surface area contributed by atoms with Crippen molar-refractivity contribution in [2.45, 2.75) is 104 Å². The number of benzene rings is 2. The highest BCUT2D eigenvalue weighted by atomic mass is 16.3. The summed E-state index contributed by atoms with van der Waals surface area (Å²) in [7, 11) is 3.76. The third kappa shape index (κ3) is 18.1. The molecule has 1 fully saturated rings. The molecule has 3 N–H and O–H groups in total. The Morgan fingerprint density at radius 1 is 0.898 bits per heavy atom. The molecule has 1 aliphatic rings. The van der Waals surface area contributed by atoms with Crippen LogP contribution in [-0.4, -0.2) is 78.5 Å². The number of likely N-dealkylation sites (N-methyl/N-ethyl adjacent to an activating group) is 2. The molecular formula is C41H62N4O4. The van der Waals surface area contributed by atoms with Crippen molar-refractivity contribution < 1.29 is 19.5 Å². The Balaban J connectivity index is 0.00000105. The topological polar surface area (TPSA) is 102 Å². The van der Waals surface area contributed by atoms with Crippen LogP contribution in [0.4, 0.5) is 0 Å². The molecule has 3 rings (SSSR count). The van der Waals surface area contributed by atoms with Gasteiger partial charge in [0.05, 0.1) is 12.0 Å². The Labute approximate surface area is 296 Å². The predicted molar refractivity (Wildman–Crippen MR) is 199 cm³/mol. The quantitative estimate of drug-likeness (QED) is 0.173. The van der Waals surface area contributed by atoms with Gasteiger partial charge in [-0.2, -0.15) is 0 Å². The summed E-state index contributed by atoms with van der Waals surface area (Å²) in [6.07, 6.45) is 14.0. The van der Waals surface area contributed by atoms with Crippen molar-refractivity contribution in [3.05, 3.63) is 71.8 Å². The Morgan fingerprint density at radius 2 is 1.51 bits per heavy atom. The molecule has 0 unspecified atom stereocenters. The first-order valence-corrected chi connectivity index (χ1v) is 18.2. The van der Waals surface area contributed by atoms with Gasteiger partial charge in [-0.3, -0.25) is 14.4 Å². The minimum absolute atomic E-state index is 0.000677. The highest BCUT2D eigenvalue weighted by molar-refractivity contribution is 5.91. The number of carbonyl (C=O) groups is 3. The molecule has 1 aliphatic carbocycles. The van der Waals surface area contributed by atoms with Crippen molar-refractivity contribution in [3.8, 4) is 12.3 Å². The lowest BCUT2D eigenvalue weighted by molar-refractivity contribution is -0.136. The summed E-state index contributed by atoms with van der Waals surface area (Å²) in [5.74, 6) is 2.25. The lowest BCUT2D eigenvalue weighted by atomic mass is 9.91. The molecule has 2 aromatic carbocycles. The van der Waals surface area contributed by atoms with Crippen molar-refractivity contribution in [1.29, 1.82) is 0 Å². The van der Waals surface area contributed by atoms with Gasteiger partial charge in [0.2, 0.25) is 17.7 Å². The average Bonchev–Trinajstić information content (AvgIpc) is 3.09. The number of hydrogen-bond acceptors (Lipinski definition) is 5. The van der Waals surface area contributed by atoms with Gasteiger partial charge in [-0.1, -0.05) is 114 Å². The second-order valence-corrected chi connectivity index (χ2v) is 14.2. The fourth-order valence-corrected chi connectivity index (χ4v) is 5.84. The second kappa shape index (κ2) is 23.6. The Morgan fingerprint density at radius 3 is 2.06 bits per heavy atom. The maximum atomic E-state index is 13.5. The van der Waals surface area contributed by atoms with E-state index in [0.717, 1.165) is 24.4 Å². The van der Waals surface area contributed by atoms with Gasteiger partial charge in [-0.25, -0.2) is 0 Å². The van der Waals surface area contributed by atoms with Gasteiger partial charge >= 0.3 is 0 Å². The summed E-state index contributed by atoms with van der Waals surface area (Å²) in [4.78, 5) is 43.4. The van der Waals surface area contributed by atoms with Crippen LogP contribution in [0.1, 0.15) is 89.7 Å². The van der Waals surface area contributed by atoms with Crippen molar-refractivity contribution in [2.24, 2.45) is 17.8 Å². The van der Waals surface area contributed by atoms with Gasteiger partial charge in [0.1, 0.15) is 6.04 Å². The van der Waals surface area contributed by atoms with Crippen LogP contribution < -0.4 is 10.6 Å². The number of carbonyl (C=O) groups excluding carboxylic acids is 3. The number of terminal acetylenes is 1. The molecule has 270 valence electrons. The molecule has 0 aromatic heterocycles. The molecule has 0 radical (unpaired) electrons. The maximum Gasteiger partial charge on any atom is 0.243 e. The maximum absolute atomic E-state index is 13.5. The number of aliphatic hydroxyl groups is 1. The summed E-state index contributed by atoms with van der Waals surface area (Å²) >= 11 is 0. The predicted octanol–water partition coefficient (Wildman–Crippen LogP) is 5.83.